The standard InChI is InChI=1S/C15H22N2O3/c1-6-11-7-10(4)13(12(8-11)14(18)20-5)17-15(19)16-9(2)3/h7-9H,6H2,1-5H3,(H2,16,17,19). The predicted molar refractivity (Wildman–Crippen MR) is 79.2 cm³/mol. The number of esters is 1. The Balaban J connectivity index is 3.16. The number of hydrogen-bond donors (Lipinski definition) is 2. The van der Waals surface area contributed by atoms with Crippen molar-refractivity contribution in [2.45, 2.75) is 40.2 Å². The average molecular weight is 278 g/mol. The summed E-state index contributed by atoms with van der Waals surface area (Å²) in [5.74, 6) is -0.455. The lowest BCUT2D eigenvalue weighted by atomic mass is 10.0. The number of aryl methyl sites for hydroxylation is 2. The van der Waals surface area contributed by atoms with Crippen molar-refractivity contribution < 1.29 is 14.3 Å². The number of rotatable bonds is 4. The van der Waals surface area contributed by atoms with Gasteiger partial charge in [0.25, 0.3) is 0 Å². The lowest BCUT2D eigenvalue weighted by Gasteiger charge is -2.16. The van der Waals surface area contributed by atoms with E-state index in [2.05, 4.69) is 10.6 Å². The highest BCUT2D eigenvalue weighted by Crippen LogP contribution is 2.24. The van der Waals surface area contributed by atoms with Crippen LogP contribution in [0.15, 0.2) is 12.1 Å². The topological polar surface area (TPSA) is 67.4 Å². The largest absolute Gasteiger partial charge is 0.465 e. The van der Waals surface area contributed by atoms with Crippen LogP contribution in [0.4, 0.5) is 10.5 Å². The highest BCUT2D eigenvalue weighted by atomic mass is 16.5. The van der Waals surface area contributed by atoms with Crippen molar-refractivity contribution in [3.8, 4) is 0 Å². The second-order valence-corrected chi connectivity index (χ2v) is 4.93. The molecule has 0 saturated heterocycles. The quantitative estimate of drug-likeness (QED) is 0.832. The summed E-state index contributed by atoms with van der Waals surface area (Å²) in [6, 6.07) is 3.39. The minimum Gasteiger partial charge on any atom is -0.465 e. The van der Waals surface area contributed by atoms with E-state index in [0.717, 1.165) is 17.5 Å². The molecule has 0 heterocycles. The zero-order valence-electron chi connectivity index (χ0n) is 12.7. The zero-order valence-corrected chi connectivity index (χ0v) is 12.7. The molecule has 0 saturated carbocycles. The van der Waals surface area contributed by atoms with Gasteiger partial charge in [-0.05, 0) is 44.4 Å². The third-order valence-corrected chi connectivity index (χ3v) is 2.87. The summed E-state index contributed by atoms with van der Waals surface area (Å²) >= 11 is 0. The molecule has 2 amide bonds. The third-order valence-electron chi connectivity index (χ3n) is 2.87. The Morgan fingerprint density at radius 1 is 1.30 bits per heavy atom. The first-order valence-corrected chi connectivity index (χ1v) is 6.68. The molecule has 0 atom stereocenters. The Bertz CT molecular complexity index is 510. The van der Waals surface area contributed by atoms with Crippen molar-refractivity contribution in [3.05, 3.63) is 28.8 Å². The number of nitrogens with one attached hydrogen (secondary N) is 2. The first-order valence-electron chi connectivity index (χ1n) is 6.68. The van der Waals surface area contributed by atoms with Gasteiger partial charge in [0.15, 0.2) is 0 Å². The van der Waals surface area contributed by atoms with Crippen LogP contribution in [0.25, 0.3) is 0 Å². The van der Waals surface area contributed by atoms with Crippen molar-refractivity contribution in [2.24, 2.45) is 0 Å². The molecule has 20 heavy (non-hydrogen) atoms. The monoisotopic (exact) mass is 278 g/mol. The maximum absolute atomic E-state index is 11.9. The number of ether oxygens (including phenoxy) is 1. The van der Waals surface area contributed by atoms with Crippen LogP contribution >= 0.6 is 0 Å². The van der Waals surface area contributed by atoms with Gasteiger partial charge in [-0.2, -0.15) is 0 Å². The highest BCUT2D eigenvalue weighted by Gasteiger charge is 2.17. The van der Waals surface area contributed by atoms with Crippen LogP contribution in [0.2, 0.25) is 0 Å². The van der Waals surface area contributed by atoms with Gasteiger partial charge in [0.1, 0.15) is 0 Å². The second-order valence-electron chi connectivity index (χ2n) is 4.93. The van der Waals surface area contributed by atoms with E-state index in [9.17, 15) is 9.59 Å². The minimum absolute atomic E-state index is 0.0202. The smallest absolute Gasteiger partial charge is 0.339 e. The Morgan fingerprint density at radius 3 is 2.45 bits per heavy atom. The van der Waals surface area contributed by atoms with Crippen molar-refractivity contribution >= 4 is 17.7 Å². The second kappa shape index (κ2) is 6.93. The number of hydrogen-bond acceptors (Lipinski definition) is 3. The molecule has 2 N–H and O–H groups in total. The number of amides is 2. The molecule has 110 valence electrons. The van der Waals surface area contributed by atoms with E-state index in [4.69, 9.17) is 4.74 Å². The maximum Gasteiger partial charge on any atom is 0.339 e. The number of carbonyl (C=O) groups excluding carboxylic acids is 2. The molecule has 0 aromatic heterocycles. The van der Waals surface area contributed by atoms with E-state index in [1.165, 1.54) is 7.11 Å². The van der Waals surface area contributed by atoms with Gasteiger partial charge >= 0.3 is 12.0 Å². The van der Waals surface area contributed by atoms with E-state index >= 15 is 0 Å². The van der Waals surface area contributed by atoms with E-state index in [-0.39, 0.29) is 12.1 Å². The number of urea groups is 1. The number of anilines is 1. The summed E-state index contributed by atoms with van der Waals surface area (Å²) in [6.45, 7) is 7.60. The summed E-state index contributed by atoms with van der Waals surface area (Å²) < 4.78 is 4.78. The van der Waals surface area contributed by atoms with Crippen LogP contribution in [-0.4, -0.2) is 25.2 Å². The predicted octanol–water partition coefficient (Wildman–Crippen LogP) is 2.87. The van der Waals surface area contributed by atoms with Crippen LogP contribution in [0.5, 0.6) is 0 Å². The fourth-order valence-corrected chi connectivity index (χ4v) is 1.91. The van der Waals surface area contributed by atoms with Crippen LogP contribution < -0.4 is 10.6 Å². The summed E-state index contributed by atoms with van der Waals surface area (Å²) in [6.07, 6.45) is 0.809. The Morgan fingerprint density at radius 2 is 1.95 bits per heavy atom. The minimum atomic E-state index is -0.455. The van der Waals surface area contributed by atoms with Gasteiger partial charge in [-0.3, -0.25) is 0 Å². The van der Waals surface area contributed by atoms with Crippen LogP contribution in [0.1, 0.15) is 42.3 Å². The molecular weight excluding hydrogens is 256 g/mol. The normalized spacial score (nSPS) is 10.3. The Kier molecular flexibility index (Phi) is 5.55. The van der Waals surface area contributed by atoms with Crippen LogP contribution in [0, 0.1) is 6.92 Å². The zero-order chi connectivity index (χ0) is 15.3. The summed E-state index contributed by atoms with van der Waals surface area (Å²) in [4.78, 5) is 23.7. The van der Waals surface area contributed by atoms with Gasteiger partial charge in [0.05, 0.1) is 18.4 Å². The summed E-state index contributed by atoms with van der Waals surface area (Å²) in [5, 5.41) is 5.45. The highest BCUT2D eigenvalue weighted by molar-refractivity contribution is 6.02. The molecule has 5 nitrogen and oxygen atoms in total. The maximum atomic E-state index is 11.9. The number of methoxy groups -OCH3 is 1. The van der Waals surface area contributed by atoms with Gasteiger partial charge in [0, 0.05) is 6.04 Å². The lowest BCUT2D eigenvalue weighted by Crippen LogP contribution is -2.34. The van der Waals surface area contributed by atoms with Crippen LogP contribution in [0.3, 0.4) is 0 Å². The Labute approximate surface area is 119 Å². The van der Waals surface area contributed by atoms with Crippen molar-refractivity contribution in [1.82, 2.24) is 5.32 Å². The molecule has 0 unspecified atom stereocenters. The van der Waals surface area contributed by atoms with E-state index < -0.39 is 5.97 Å². The molecule has 0 aliphatic rings. The van der Waals surface area contributed by atoms with Crippen molar-refractivity contribution in [3.63, 3.8) is 0 Å². The number of carbonyl (C=O) groups is 2. The molecule has 1 aromatic rings. The van der Waals surface area contributed by atoms with Gasteiger partial charge in [0.2, 0.25) is 0 Å². The van der Waals surface area contributed by atoms with Gasteiger partial charge < -0.3 is 15.4 Å². The SMILES string of the molecule is CCc1cc(C)c(NC(=O)NC(C)C)c(C(=O)OC)c1. The number of benzene rings is 1. The molecule has 0 radical (unpaired) electrons. The average Bonchev–Trinajstić information content (AvgIpc) is 2.38. The van der Waals surface area contributed by atoms with E-state index in [0.29, 0.717) is 11.3 Å². The molecule has 1 aromatic carbocycles. The molecule has 0 aliphatic carbocycles. The molecule has 5 heteroatoms. The summed E-state index contributed by atoms with van der Waals surface area (Å²) in [7, 11) is 1.33. The third kappa shape index (κ3) is 3.98. The Hall–Kier alpha value is -2.04. The van der Waals surface area contributed by atoms with Gasteiger partial charge in [-0.25, -0.2) is 9.59 Å². The molecule has 0 spiro atoms. The van der Waals surface area contributed by atoms with E-state index in [1.807, 2.05) is 33.8 Å². The first-order chi connectivity index (χ1) is 9.38. The van der Waals surface area contributed by atoms with Gasteiger partial charge in [-0.15, -0.1) is 0 Å². The first kappa shape index (κ1) is 16.0. The molecular formula is C15H22N2O3. The lowest BCUT2D eigenvalue weighted by molar-refractivity contribution is 0.0601. The van der Waals surface area contributed by atoms with Gasteiger partial charge in [-0.1, -0.05) is 13.0 Å². The van der Waals surface area contributed by atoms with Crippen molar-refractivity contribution in [2.75, 3.05) is 12.4 Å². The van der Waals surface area contributed by atoms with E-state index in [1.54, 1.807) is 6.07 Å². The fraction of sp³-hybridized carbons (Fsp3) is 0.467. The van der Waals surface area contributed by atoms with Crippen LogP contribution in [-0.2, 0) is 11.2 Å². The fourth-order valence-electron chi connectivity index (χ4n) is 1.91. The van der Waals surface area contributed by atoms with Crippen molar-refractivity contribution in [1.29, 1.82) is 0 Å². The molecule has 1 rings (SSSR count). The molecule has 0 bridgehead atoms. The molecule has 0 fully saturated rings. The summed E-state index contributed by atoms with van der Waals surface area (Å²) in [5.41, 5.74) is 2.73. The molecule has 0 aliphatic heterocycles.